The van der Waals surface area contributed by atoms with E-state index in [1.54, 1.807) is 13.1 Å². The molecule has 2 atom stereocenters. The van der Waals surface area contributed by atoms with Crippen molar-refractivity contribution in [2.75, 3.05) is 7.05 Å². The van der Waals surface area contributed by atoms with Crippen molar-refractivity contribution in [3.05, 3.63) is 46.5 Å². The van der Waals surface area contributed by atoms with Gasteiger partial charge in [-0.1, -0.05) is 22.0 Å². The molecular formula is C15H19BrF3NOS. The Labute approximate surface area is 140 Å². The van der Waals surface area contributed by atoms with E-state index in [0.29, 0.717) is 10.0 Å². The minimum Gasteiger partial charge on any atom is -0.242 e. The van der Waals surface area contributed by atoms with E-state index in [4.69, 9.17) is 0 Å². The van der Waals surface area contributed by atoms with Gasteiger partial charge in [-0.3, -0.25) is 0 Å². The summed E-state index contributed by atoms with van der Waals surface area (Å²) in [6.45, 7) is 9.09. The van der Waals surface area contributed by atoms with E-state index in [1.807, 2.05) is 20.8 Å². The molecule has 0 fully saturated rings. The fourth-order valence-corrected chi connectivity index (χ4v) is 3.77. The van der Waals surface area contributed by atoms with Gasteiger partial charge < -0.3 is 0 Å². The van der Waals surface area contributed by atoms with Gasteiger partial charge >= 0.3 is 6.18 Å². The van der Waals surface area contributed by atoms with Crippen LogP contribution in [-0.4, -0.2) is 20.3 Å². The van der Waals surface area contributed by atoms with Crippen molar-refractivity contribution in [2.24, 2.45) is 0 Å². The molecule has 1 rings (SSSR count). The smallest absolute Gasteiger partial charge is 0.242 e. The lowest BCUT2D eigenvalue weighted by Gasteiger charge is -2.31. The number of alkyl halides is 3. The van der Waals surface area contributed by atoms with Crippen molar-refractivity contribution in [3.63, 3.8) is 0 Å². The molecule has 0 N–H and O–H groups in total. The first kappa shape index (κ1) is 19.4. The van der Waals surface area contributed by atoms with Crippen LogP contribution in [0.4, 0.5) is 13.2 Å². The number of benzene rings is 1. The van der Waals surface area contributed by atoms with Gasteiger partial charge in [-0.05, 0) is 44.5 Å². The van der Waals surface area contributed by atoms with E-state index in [9.17, 15) is 17.4 Å². The first-order valence-corrected chi connectivity index (χ1v) is 8.43. The third-order valence-corrected chi connectivity index (χ3v) is 5.25. The lowest BCUT2D eigenvalue weighted by atomic mass is 10.0. The second-order valence-electron chi connectivity index (χ2n) is 5.86. The molecule has 124 valence electrons. The Bertz CT molecular complexity index is 581. The normalized spacial score (nSPS) is 15.7. The standard InChI is InChI=1S/C15H19BrF3NOS/c1-6-13(20(5)22(21)14(2,3)4)10-7-11(15(17,18)19)9-12(16)8-10/h6-9,13H,1H2,2-5H3/t13-,22+/m1/s1. The van der Waals surface area contributed by atoms with Crippen LogP contribution < -0.4 is 0 Å². The van der Waals surface area contributed by atoms with E-state index < -0.39 is 33.5 Å². The van der Waals surface area contributed by atoms with Gasteiger partial charge in [-0.2, -0.15) is 13.2 Å². The first-order chi connectivity index (χ1) is 9.87. The molecule has 7 heteroatoms. The number of hydrogen-bond donors (Lipinski definition) is 0. The highest BCUT2D eigenvalue weighted by atomic mass is 79.9. The van der Waals surface area contributed by atoms with Crippen LogP contribution in [0.5, 0.6) is 0 Å². The minimum absolute atomic E-state index is 0.319. The van der Waals surface area contributed by atoms with Crippen LogP contribution in [0.15, 0.2) is 35.3 Å². The highest BCUT2D eigenvalue weighted by Gasteiger charge is 2.33. The van der Waals surface area contributed by atoms with Crippen molar-refractivity contribution in [1.29, 1.82) is 0 Å². The average Bonchev–Trinajstić information content (AvgIpc) is 2.35. The summed E-state index contributed by atoms with van der Waals surface area (Å²) >= 11 is 3.10. The fourth-order valence-electron chi connectivity index (χ4n) is 1.98. The molecule has 0 radical (unpaired) electrons. The summed E-state index contributed by atoms with van der Waals surface area (Å²) in [6.07, 6.45) is -2.95. The van der Waals surface area contributed by atoms with Gasteiger partial charge in [-0.25, -0.2) is 8.51 Å². The van der Waals surface area contributed by atoms with Gasteiger partial charge in [0.25, 0.3) is 0 Å². The Balaban J connectivity index is 3.29. The summed E-state index contributed by atoms with van der Waals surface area (Å²) in [7, 11) is 0.232. The summed E-state index contributed by atoms with van der Waals surface area (Å²) < 4.78 is 52.6. The third kappa shape index (κ3) is 4.67. The van der Waals surface area contributed by atoms with Crippen LogP contribution in [0.25, 0.3) is 0 Å². The summed E-state index contributed by atoms with van der Waals surface area (Å²) in [5, 5.41) is 0. The number of likely N-dealkylation sites (N-methyl/N-ethyl adjacent to an activating group) is 1. The lowest BCUT2D eigenvalue weighted by molar-refractivity contribution is -0.137. The second kappa shape index (κ2) is 6.84. The van der Waals surface area contributed by atoms with E-state index in [1.165, 1.54) is 10.4 Å². The zero-order chi connectivity index (χ0) is 17.3. The molecule has 0 unspecified atom stereocenters. The van der Waals surface area contributed by atoms with Gasteiger partial charge in [0.15, 0.2) is 0 Å². The van der Waals surface area contributed by atoms with Gasteiger partial charge in [0.05, 0.1) is 16.4 Å². The van der Waals surface area contributed by atoms with Gasteiger partial charge in [0.1, 0.15) is 11.0 Å². The Morgan fingerprint density at radius 1 is 1.27 bits per heavy atom. The molecule has 0 saturated heterocycles. The molecule has 0 saturated carbocycles. The SMILES string of the molecule is C=C[C@H](c1cc(Br)cc(C(F)(F)F)c1)N(C)[S@@](=O)C(C)(C)C. The van der Waals surface area contributed by atoms with Crippen LogP contribution in [-0.2, 0) is 17.2 Å². The first-order valence-electron chi connectivity index (χ1n) is 6.53. The third-order valence-electron chi connectivity index (χ3n) is 2.99. The van der Waals surface area contributed by atoms with Crippen LogP contribution in [0, 0.1) is 0 Å². The molecule has 0 aliphatic carbocycles. The lowest BCUT2D eigenvalue weighted by Crippen LogP contribution is -2.36. The van der Waals surface area contributed by atoms with Gasteiger partial charge in [-0.15, -0.1) is 6.58 Å². The van der Waals surface area contributed by atoms with Crippen LogP contribution in [0.3, 0.4) is 0 Å². The number of nitrogens with zero attached hydrogens (tertiary/aromatic N) is 1. The summed E-state index contributed by atoms with van der Waals surface area (Å²) in [6, 6.07) is 3.08. The average molecular weight is 398 g/mol. The maximum Gasteiger partial charge on any atom is 0.416 e. The highest BCUT2D eigenvalue weighted by molar-refractivity contribution is 9.10. The molecule has 0 aliphatic heterocycles. The summed E-state index contributed by atoms with van der Waals surface area (Å²) in [5.41, 5.74) is -0.365. The van der Waals surface area contributed by atoms with Crippen molar-refractivity contribution < 1.29 is 17.4 Å². The van der Waals surface area contributed by atoms with Crippen molar-refractivity contribution >= 4 is 26.9 Å². The number of rotatable bonds is 4. The topological polar surface area (TPSA) is 20.3 Å². The van der Waals surface area contributed by atoms with Crippen molar-refractivity contribution in [1.82, 2.24) is 4.31 Å². The molecule has 1 aromatic carbocycles. The van der Waals surface area contributed by atoms with E-state index in [0.717, 1.165) is 12.1 Å². The van der Waals surface area contributed by atoms with Crippen molar-refractivity contribution in [2.45, 2.75) is 37.7 Å². The predicted molar refractivity (Wildman–Crippen MR) is 87.7 cm³/mol. The Morgan fingerprint density at radius 2 is 1.82 bits per heavy atom. The van der Waals surface area contributed by atoms with E-state index in [2.05, 4.69) is 22.5 Å². The zero-order valence-electron chi connectivity index (χ0n) is 12.9. The zero-order valence-corrected chi connectivity index (χ0v) is 15.3. The molecule has 22 heavy (non-hydrogen) atoms. The quantitative estimate of drug-likeness (QED) is 0.647. The number of halogens is 4. The molecule has 0 heterocycles. The molecule has 0 bridgehead atoms. The Morgan fingerprint density at radius 3 is 2.23 bits per heavy atom. The van der Waals surface area contributed by atoms with Crippen LogP contribution in [0.2, 0.25) is 0 Å². The molecular weight excluding hydrogens is 379 g/mol. The highest BCUT2D eigenvalue weighted by Crippen LogP contribution is 2.35. The summed E-state index contributed by atoms with van der Waals surface area (Å²) in [5.74, 6) is 0. The molecule has 0 spiro atoms. The van der Waals surface area contributed by atoms with Crippen LogP contribution in [0.1, 0.15) is 37.9 Å². The van der Waals surface area contributed by atoms with Crippen LogP contribution >= 0.6 is 15.9 Å². The Kier molecular flexibility index (Phi) is 6.03. The molecule has 0 amide bonds. The Hall–Kier alpha value is -0.660. The monoisotopic (exact) mass is 397 g/mol. The molecule has 0 aliphatic rings. The molecule has 0 aromatic heterocycles. The van der Waals surface area contributed by atoms with E-state index >= 15 is 0 Å². The number of hydrogen-bond acceptors (Lipinski definition) is 1. The maximum atomic E-state index is 12.9. The largest absolute Gasteiger partial charge is 0.416 e. The second-order valence-corrected chi connectivity index (χ2v) is 9.07. The molecule has 1 aromatic rings. The predicted octanol–water partition coefficient (Wildman–Crippen LogP) is 5.09. The maximum absolute atomic E-state index is 12.9. The van der Waals surface area contributed by atoms with Crippen molar-refractivity contribution in [3.8, 4) is 0 Å². The van der Waals surface area contributed by atoms with E-state index in [-0.39, 0.29) is 0 Å². The van der Waals surface area contributed by atoms with Gasteiger partial charge in [0, 0.05) is 11.5 Å². The minimum atomic E-state index is -4.44. The fraction of sp³-hybridized carbons (Fsp3) is 0.467. The molecule has 2 nitrogen and oxygen atoms in total. The summed E-state index contributed by atoms with van der Waals surface area (Å²) in [4.78, 5) is 0. The van der Waals surface area contributed by atoms with Gasteiger partial charge in [0.2, 0.25) is 0 Å².